The molecule has 158 valence electrons. The van der Waals surface area contributed by atoms with E-state index < -0.39 is 0 Å². The summed E-state index contributed by atoms with van der Waals surface area (Å²) in [5.41, 5.74) is 4.26. The number of nitrogens with one attached hydrogen (secondary N) is 1. The second-order valence-electron chi connectivity index (χ2n) is 8.29. The first-order chi connectivity index (χ1) is 15.5. The maximum atomic E-state index is 12.1. The molecule has 0 amide bonds. The lowest BCUT2D eigenvalue weighted by Gasteiger charge is -2.12. The van der Waals surface area contributed by atoms with Gasteiger partial charge in [0, 0.05) is 17.7 Å². The van der Waals surface area contributed by atoms with Gasteiger partial charge in [0.25, 0.3) is 0 Å². The molecule has 3 heterocycles. The molecule has 0 atom stereocenters. The molecule has 0 aliphatic heterocycles. The Labute approximate surface area is 185 Å². The van der Waals surface area contributed by atoms with Crippen LogP contribution in [-0.4, -0.2) is 30.5 Å². The van der Waals surface area contributed by atoms with Gasteiger partial charge >= 0.3 is 0 Å². The number of Topliss-reactive ketones (excluding diaryl/α,β-unsaturated/α-hetero) is 1. The van der Waals surface area contributed by atoms with E-state index >= 15 is 0 Å². The molecule has 1 saturated carbocycles. The van der Waals surface area contributed by atoms with Crippen LogP contribution >= 0.6 is 0 Å². The van der Waals surface area contributed by atoms with E-state index in [1.165, 1.54) is 6.92 Å². The number of hydrogen-bond donors (Lipinski definition) is 1. The third kappa shape index (κ3) is 3.69. The molecule has 0 unspecified atom stereocenters. The number of nitriles is 1. The van der Waals surface area contributed by atoms with Gasteiger partial charge in [-0.1, -0.05) is 0 Å². The Balaban J connectivity index is 1.48. The van der Waals surface area contributed by atoms with Gasteiger partial charge in [-0.15, -0.1) is 5.10 Å². The summed E-state index contributed by atoms with van der Waals surface area (Å²) in [5, 5.41) is 20.9. The highest BCUT2D eigenvalue weighted by Crippen LogP contribution is 2.47. The number of carbonyl (C=O) groups excluding carboxylic acids is 1. The number of fused-ring (bicyclic) bond motifs is 1. The van der Waals surface area contributed by atoms with Crippen LogP contribution in [0, 0.1) is 23.7 Å². The van der Waals surface area contributed by atoms with Crippen molar-refractivity contribution in [3.63, 3.8) is 0 Å². The number of ketones is 1. The molecule has 3 aromatic heterocycles. The standard InChI is InChI=1S/C24H21N7O/c1-15-3-7-22(30-29-15)27-17-4-6-21-19(11-17)26-14-31(21)23-8-5-18(16(2)32)20(28-23)12-24(13-25)9-10-24/h3-8,11,14H,9-10,12H2,1-2H3,(H,27,30). The third-order valence-electron chi connectivity index (χ3n) is 5.80. The van der Waals surface area contributed by atoms with E-state index in [0.717, 1.165) is 35.3 Å². The Kier molecular flexibility index (Phi) is 4.67. The van der Waals surface area contributed by atoms with Crippen molar-refractivity contribution in [1.29, 1.82) is 5.26 Å². The second-order valence-corrected chi connectivity index (χ2v) is 8.29. The monoisotopic (exact) mass is 423 g/mol. The van der Waals surface area contributed by atoms with Crippen LogP contribution in [0.5, 0.6) is 0 Å². The fraction of sp³-hybridized carbons (Fsp3) is 0.250. The number of rotatable bonds is 6. The zero-order valence-electron chi connectivity index (χ0n) is 17.8. The van der Waals surface area contributed by atoms with Crippen molar-refractivity contribution in [1.82, 2.24) is 24.7 Å². The fourth-order valence-electron chi connectivity index (χ4n) is 3.77. The van der Waals surface area contributed by atoms with Gasteiger partial charge in [-0.3, -0.25) is 9.36 Å². The number of imidazole rings is 1. The lowest BCUT2D eigenvalue weighted by molar-refractivity contribution is 0.101. The molecule has 1 aliphatic rings. The van der Waals surface area contributed by atoms with Crippen molar-refractivity contribution in [3.05, 3.63) is 65.7 Å². The summed E-state index contributed by atoms with van der Waals surface area (Å²) in [7, 11) is 0. The predicted molar refractivity (Wildman–Crippen MR) is 120 cm³/mol. The van der Waals surface area contributed by atoms with E-state index in [-0.39, 0.29) is 11.2 Å². The van der Waals surface area contributed by atoms with E-state index in [2.05, 4.69) is 26.6 Å². The zero-order valence-corrected chi connectivity index (χ0v) is 17.8. The fourth-order valence-corrected chi connectivity index (χ4v) is 3.77. The van der Waals surface area contributed by atoms with Crippen molar-refractivity contribution in [2.45, 2.75) is 33.1 Å². The van der Waals surface area contributed by atoms with Crippen LogP contribution in [0.2, 0.25) is 0 Å². The molecule has 0 radical (unpaired) electrons. The van der Waals surface area contributed by atoms with Crippen molar-refractivity contribution < 1.29 is 4.79 Å². The van der Waals surface area contributed by atoms with Crippen LogP contribution in [0.4, 0.5) is 11.5 Å². The average Bonchev–Trinajstić information content (AvgIpc) is 3.44. The molecule has 5 rings (SSSR count). The van der Waals surface area contributed by atoms with Crippen LogP contribution in [0.1, 0.15) is 41.5 Å². The largest absolute Gasteiger partial charge is 0.339 e. The Bertz CT molecular complexity index is 1380. The molecular weight excluding hydrogens is 402 g/mol. The minimum Gasteiger partial charge on any atom is -0.339 e. The summed E-state index contributed by atoms with van der Waals surface area (Å²) >= 11 is 0. The average molecular weight is 423 g/mol. The highest BCUT2D eigenvalue weighted by molar-refractivity contribution is 5.95. The number of carbonyl (C=O) groups is 1. The first-order valence-electron chi connectivity index (χ1n) is 10.4. The molecule has 0 spiro atoms. The van der Waals surface area contributed by atoms with Gasteiger partial charge in [-0.25, -0.2) is 9.97 Å². The number of hydrogen-bond acceptors (Lipinski definition) is 7. The molecule has 32 heavy (non-hydrogen) atoms. The minimum atomic E-state index is -0.383. The SMILES string of the molecule is CC(=O)c1ccc(-n2cnc3cc(Nc4ccc(C)nn4)ccc32)nc1CC1(C#N)CC1. The van der Waals surface area contributed by atoms with Crippen LogP contribution in [0.15, 0.2) is 48.8 Å². The summed E-state index contributed by atoms with van der Waals surface area (Å²) in [6.07, 6.45) is 3.91. The first-order valence-corrected chi connectivity index (χ1v) is 10.4. The van der Waals surface area contributed by atoms with Gasteiger partial charge in [0.05, 0.1) is 33.9 Å². The zero-order chi connectivity index (χ0) is 22.3. The molecule has 1 fully saturated rings. The third-order valence-corrected chi connectivity index (χ3v) is 5.80. The van der Waals surface area contributed by atoms with Crippen LogP contribution in [-0.2, 0) is 6.42 Å². The molecule has 1 N–H and O–H groups in total. The number of benzene rings is 1. The number of aromatic nitrogens is 5. The lowest BCUT2D eigenvalue weighted by Crippen LogP contribution is -2.11. The Hall–Kier alpha value is -4.12. The quantitative estimate of drug-likeness (QED) is 0.460. The van der Waals surface area contributed by atoms with Gasteiger partial charge in [-0.2, -0.15) is 10.4 Å². The summed E-state index contributed by atoms with van der Waals surface area (Å²) in [4.78, 5) is 21.4. The maximum Gasteiger partial charge on any atom is 0.161 e. The van der Waals surface area contributed by atoms with E-state index in [1.54, 1.807) is 12.4 Å². The number of aryl methyl sites for hydroxylation is 1. The maximum absolute atomic E-state index is 12.1. The van der Waals surface area contributed by atoms with Gasteiger partial charge in [0.15, 0.2) is 11.6 Å². The molecule has 1 aromatic carbocycles. The normalized spacial score (nSPS) is 14.2. The Morgan fingerprint density at radius 3 is 2.72 bits per heavy atom. The van der Waals surface area contributed by atoms with E-state index in [4.69, 9.17) is 4.98 Å². The van der Waals surface area contributed by atoms with Gasteiger partial charge in [-0.05, 0) is 69.2 Å². The molecule has 8 nitrogen and oxygen atoms in total. The van der Waals surface area contributed by atoms with Crippen LogP contribution < -0.4 is 5.32 Å². The molecule has 1 aliphatic carbocycles. The number of nitrogens with zero attached hydrogens (tertiary/aromatic N) is 6. The molecule has 0 bridgehead atoms. The van der Waals surface area contributed by atoms with Crippen molar-refractivity contribution >= 4 is 28.3 Å². The molecule has 0 saturated heterocycles. The van der Waals surface area contributed by atoms with E-state index in [1.807, 2.05) is 47.9 Å². The van der Waals surface area contributed by atoms with Gasteiger partial charge in [0.2, 0.25) is 0 Å². The molecule has 8 heteroatoms. The topological polar surface area (TPSA) is 109 Å². The lowest BCUT2D eigenvalue weighted by atomic mass is 9.97. The van der Waals surface area contributed by atoms with Crippen molar-refractivity contribution in [2.75, 3.05) is 5.32 Å². The minimum absolute atomic E-state index is 0.0433. The first kappa shape index (κ1) is 19.8. The van der Waals surface area contributed by atoms with Crippen LogP contribution in [0.25, 0.3) is 16.9 Å². The van der Waals surface area contributed by atoms with Gasteiger partial charge in [0.1, 0.15) is 12.1 Å². The van der Waals surface area contributed by atoms with Gasteiger partial charge < -0.3 is 5.32 Å². The second kappa shape index (κ2) is 7.54. The number of pyridine rings is 1. The predicted octanol–water partition coefficient (Wildman–Crippen LogP) is 4.31. The highest BCUT2D eigenvalue weighted by atomic mass is 16.1. The summed E-state index contributed by atoms with van der Waals surface area (Å²) in [6.45, 7) is 3.42. The van der Waals surface area contributed by atoms with E-state index in [9.17, 15) is 10.1 Å². The van der Waals surface area contributed by atoms with Crippen LogP contribution in [0.3, 0.4) is 0 Å². The summed E-state index contributed by atoms with van der Waals surface area (Å²) in [5.74, 6) is 1.29. The highest BCUT2D eigenvalue weighted by Gasteiger charge is 2.44. The molecular formula is C24H21N7O. The summed E-state index contributed by atoms with van der Waals surface area (Å²) in [6, 6.07) is 15.6. The van der Waals surface area contributed by atoms with E-state index in [0.29, 0.717) is 29.3 Å². The summed E-state index contributed by atoms with van der Waals surface area (Å²) < 4.78 is 1.89. The smallest absolute Gasteiger partial charge is 0.161 e. The number of anilines is 2. The van der Waals surface area contributed by atoms with Crippen molar-refractivity contribution in [3.8, 4) is 11.9 Å². The Morgan fingerprint density at radius 2 is 2.03 bits per heavy atom. The van der Waals surface area contributed by atoms with Crippen molar-refractivity contribution in [2.24, 2.45) is 5.41 Å². The Morgan fingerprint density at radius 1 is 1.19 bits per heavy atom. The molecule has 4 aromatic rings.